The minimum absolute atomic E-state index is 1.24. The molecule has 1 rings (SSSR count). The second-order valence-corrected chi connectivity index (χ2v) is 3.76. The van der Waals surface area contributed by atoms with Crippen LogP contribution in [0.5, 0.6) is 0 Å². The van der Waals surface area contributed by atoms with E-state index in [0.29, 0.717) is 0 Å². The molecule has 0 radical (unpaired) electrons. The van der Waals surface area contributed by atoms with Crippen LogP contribution in [-0.4, -0.2) is 23.1 Å². The molecular weight excluding hydrogens is 130 g/mol. The molecule has 0 bridgehead atoms. The summed E-state index contributed by atoms with van der Waals surface area (Å²) in [5.74, 6) is 1.24. The summed E-state index contributed by atoms with van der Waals surface area (Å²) in [6.45, 7) is 4.86. The first-order valence-corrected chi connectivity index (χ1v) is 4.75. The molecule has 1 nitrogen and oxygen atoms in total. The molecule has 0 saturated carbocycles. The molecule has 0 spiro atoms. The third-order valence-electron chi connectivity index (χ3n) is 1.63. The predicted molar refractivity (Wildman–Crippen MR) is 43.6 cm³/mol. The molecule has 0 atom stereocenters. The van der Waals surface area contributed by atoms with Crippen molar-refractivity contribution in [3.8, 4) is 0 Å². The molecule has 0 aromatic heterocycles. The van der Waals surface area contributed by atoms with Gasteiger partial charge in [-0.1, -0.05) is 25.3 Å². The lowest BCUT2D eigenvalue weighted by Gasteiger charge is -2.24. The molecule has 1 heterocycles. The topological polar surface area (TPSA) is 3.24 Å². The van der Waals surface area contributed by atoms with Crippen LogP contribution in [0.3, 0.4) is 0 Å². The highest BCUT2D eigenvalue weighted by Crippen LogP contribution is 2.16. The molecule has 0 N–H and O–H groups in total. The van der Waals surface area contributed by atoms with Crippen molar-refractivity contribution < 1.29 is 0 Å². The van der Waals surface area contributed by atoms with Gasteiger partial charge in [0.25, 0.3) is 0 Å². The molecule has 1 aliphatic heterocycles. The predicted octanol–water partition coefficient (Wildman–Crippen LogP) is 2.14. The average Bonchev–Trinajstić information content (AvgIpc) is 1.91. The van der Waals surface area contributed by atoms with Gasteiger partial charge in [-0.2, -0.15) is 0 Å². The van der Waals surface area contributed by atoms with E-state index in [4.69, 9.17) is 0 Å². The molecule has 1 saturated heterocycles. The standard InChI is InChI=1S/C7H15NS/c1-2-9-8-6-4-3-5-7-8/h2-7H2,1H3. The lowest BCUT2D eigenvalue weighted by atomic mass is 10.2. The van der Waals surface area contributed by atoms with Crippen LogP contribution in [0.15, 0.2) is 0 Å². The average molecular weight is 145 g/mol. The molecule has 54 valence electrons. The Bertz CT molecular complexity index is 66.6. The summed E-state index contributed by atoms with van der Waals surface area (Å²) >= 11 is 1.99. The van der Waals surface area contributed by atoms with Gasteiger partial charge in [0.2, 0.25) is 0 Å². The van der Waals surface area contributed by atoms with E-state index in [2.05, 4.69) is 11.2 Å². The third-order valence-corrected chi connectivity index (χ3v) is 2.62. The van der Waals surface area contributed by atoms with E-state index in [1.165, 1.54) is 38.1 Å². The Morgan fingerprint density at radius 2 is 1.89 bits per heavy atom. The van der Waals surface area contributed by atoms with Crippen molar-refractivity contribution in [2.75, 3.05) is 18.8 Å². The summed E-state index contributed by atoms with van der Waals surface area (Å²) in [5, 5.41) is 0. The minimum Gasteiger partial charge on any atom is -0.251 e. The summed E-state index contributed by atoms with van der Waals surface area (Å²) < 4.78 is 2.49. The van der Waals surface area contributed by atoms with E-state index < -0.39 is 0 Å². The van der Waals surface area contributed by atoms with Gasteiger partial charge in [0.15, 0.2) is 0 Å². The lowest BCUT2D eigenvalue weighted by Crippen LogP contribution is -2.22. The second-order valence-electron chi connectivity index (χ2n) is 2.41. The molecule has 1 aliphatic rings. The zero-order valence-electron chi connectivity index (χ0n) is 6.10. The largest absolute Gasteiger partial charge is 0.251 e. The molecule has 0 aliphatic carbocycles. The Labute approximate surface area is 61.9 Å². The minimum atomic E-state index is 1.24. The first-order chi connectivity index (χ1) is 4.43. The van der Waals surface area contributed by atoms with Crippen molar-refractivity contribution in [1.29, 1.82) is 0 Å². The third kappa shape index (κ3) is 2.59. The van der Waals surface area contributed by atoms with E-state index >= 15 is 0 Å². The van der Waals surface area contributed by atoms with Gasteiger partial charge in [-0.15, -0.1) is 0 Å². The number of rotatable bonds is 2. The van der Waals surface area contributed by atoms with Gasteiger partial charge < -0.3 is 0 Å². The Kier molecular flexibility index (Phi) is 3.44. The van der Waals surface area contributed by atoms with Crippen molar-refractivity contribution in [2.45, 2.75) is 26.2 Å². The van der Waals surface area contributed by atoms with Gasteiger partial charge in [-0.3, -0.25) is 4.31 Å². The Morgan fingerprint density at radius 1 is 1.22 bits per heavy atom. The van der Waals surface area contributed by atoms with E-state index in [-0.39, 0.29) is 0 Å². The highest BCUT2D eigenvalue weighted by molar-refractivity contribution is 7.96. The van der Waals surface area contributed by atoms with Crippen molar-refractivity contribution in [2.24, 2.45) is 0 Å². The normalized spacial score (nSPS) is 22.3. The number of hydrogen-bond donors (Lipinski definition) is 0. The van der Waals surface area contributed by atoms with E-state index in [9.17, 15) is 0 Å². The smallest absolute Gasteiger partial charge is 0.00893 e. The first-order valence-electron chi connectivity index (χ1n) is 3.81. The Balaban J connectivity index is 2.08. The van der Waals surface area contributed by atoms with Crippen molar-refractivity contribution in [3.63, 3.8) is 0 Å². The lowest BCUT2D eigenvalue weighted by molar-refractivity contribution is 0.381. The first kappa shape index (κ1) is 7.42. The van der Waals surface area contributed by atoms with Crippen LogP contribution in [0.1, 0.15) is 26.2 Å². The zero-order valence-corrected chi connectivity index (χ0v) is 6.91. The fraction of sp³-hybridized carbons (Fsp3) is 1.00. The molecule has 0 unspecified atom stereocenters. The van der Waals surface area contributed by atoms with Crippen LogP contribution >= 0.6 is 11.9 Å². The second kappa shape index (κ2) is 4.18. The highest BCUT2D eigenvalue weighted by atomic mass is 32.2. The quantitative estimate of drug-likeness (QED) is 0.548. The van der Waals surface area contributed by atoms with Crippen LogP contribution in [0, 0.1) is 0 Å². The van der Waals surface area contributed by atoms with E-state index in [1.807, 2.05) is 11.9 Å². The molecule has 2 heteroatoms. The number of nitrogens with zero attached hydrogens (tertiary/aromatic N) is 1. The molecular formula is C7H15NS. The van der Waals surface area contributed by atoms with Crippen LogP contribution in [-0.2, 0) is 0 Å². The summed E-state index contributed by atoms with van der Waals surface area (Å²) in [6.07, 6.45) is 4.26. The molecule has 1 fully saturated rings. The van der Waals surface area contributed by atoms with Crippen molar-refractivity contribution in [3.05, 3.63) is 0 Å². The molecule has 0 aromatic carbocycles. The zero-order chi connectivity index (χ0) is 6.53. The van der Waals surface area contributed by atoms with Crippen LogP contribution < -0.4 is 0 Å². The van der Waals surface area contributed by atoms with Crippen molar-refractivity contribution >= 4 is 11.9 Å². The number of hydrogen-bond acceptors (Lipinski definition) is 2. The van der Waals surface area contributed by atoms with Gasteiger partial charge in [0.05, 0.1) is 0 Å². The van der Waals surface area contributed by atoms with Crippen LogP contribution in [0.25, 0.3) is 0 Å². The maximum atomic E-state index is 2.49. The summed E-state index contributed by atoms with van der Waals surface area (Å²) in [7, 11) is 0. The fourth-order valence-corrected chi connectivity index (χ4v) is 2.06. The summed E-state index contributed by atoms with van der Waals surface area (Å²) in [6, 6.07) is 0. The maximum Gasteiger partial charge on any atom is 0.00893 e. The molecule has 9 heavy (non-hydrogen) atoms. The summed E-state index contributed by atoms with van der Waals surface area (Å²) in [5.41, 5.74) is 0. The molecule has 0 amide bonds. The van der Waals surface area contributed by atoms with Gasteiger partial charge in [-0.05, 0) is 12.8 Å². The molecule has 0 aromatic rings. The van der Waals surface area contributed by atoms with Crippen LogP contribution in [0.4, 0.5) is 0 Å². The number of piperidine rings is 1. The van der Waals surface area contributed by atoms with E-state index in [0.717, 1.165) is 0 Å². The van der Waals surface area contributed by atoms with Crippen LogP contribution in [0.2, 0.25) is 0 Å². The summed E-state index contributed by atoms with van der Waals surface area (Å²) in [4.78, 5) is 0. The Hall–Kier alpha value is 0.310. The SMILES string of the molecule is CCSN1CCCCC1. The maximum absolute atomic E-state index is 2.49. The van der Waals surface area contributed by atoms with E-state index in [1.54, 1.807) is 0 Å². The van der Waals surface area contributed by atoms with Gasteiger partial charge in [0.1, 0.15) is 0 Å². The van der Waals surface area contributed by atoms with Gasteiger partial charge >= 0.3 is 0 Å². The van der Waals surface area contributed by atoms with Gasteiger partial charge in [-0.25, -0.2) is 0 Å². The monoisotopic (exact) mass is 145 g/mol. The Morgan fingerprint density at radius 3 is 2.44 bits per heavy atom. The highest BCUT2D eigenvalue weighted by Gasteiger charge is 2.07. The van der Waals surface area contributed by atoms with Gasteiger partial charge in [0, 0.05) is 18.8 Å². The fourth-order valence-electron chi connectivity index (χ4n) is 1.18. The van der Waals surface area contributed by atoms with Crippen molar-refractivity contribution in [1.82, 2.24) is 4.31 Å².